The number of nitrogens with zero attached hydrogens (tertiary/aromatic N) is 2. The first kappa shape index (κ1) is 52.7. The van der Waals surface area contributed by atoms with Crippen molar-refractivity contribution in [2.75, 3.05) is 0 Å². The summed E-state index contributed by atoms with van der Waals surface area (Å²) in [6, 6.07) is 25.4. The molecule has 0 spiro atoms. The quantitative estimate of drug-likeness (QED) is 0.0853. The van der Waals surface area contributed by atoms with E-state index >= 15 is 0 Å². The second kappa shape index (κ2) is 24.6. The zero-order chi connectivity index (χ0) is 45.8. The summed E-state index contributed by atoms with van der Waals surface area (Å²) in [5, 5.41) is 11.7. The summed E-state index contributed by atoms with van der Waals surface area (Å²) < 4.78 is 16.4. The molecule has 2 unspecified atom stereocenters. The molecule has 7 rings (SSSR count). The maximum atomic E-state index is 12.9. The molecule has 0 saturated heterocycles. The Hall–Kier alpha value is -3.87. The summed E-state index contributed by atoms with van der Waals surface area (Å²) in [5.74, 6) is -0.681. The summed E-state index contributed by atoms with van der Waals surface area (Å²) in [5.41, 5.74) is 11.7. The van der Waals surface area contributed by atoms with Gasteiger partial charge in [-0.3, -0.25) is 28.4 Å². The van der Waals surface area contributed by atoms with Crippen LogP contribution in [0.2, 0.25) is 0 Å². The number of hydrogen-bond donors (Lipinski definition) is 1. The summed E-state index contributed by atoms with van der Waals surface area (Å²) in [7, 11) is 0. The number of carbonyl (C=O) groups excluding carboxylic acids is 7. The number of rotatable bonds is 14. The zero-order valence-electron chi connectivity index (χ0n) is 36.5. The Bertz CT molecular complexity index is 2330. The molecule has 1 fully saturated rings. The van der Waals surface area contributed by atoms with Gasteiger partial charge in [0.25, 0.3) is 11.8 Å². The van der Waals surface area contributed by atoms with E-state index < -0.39 is 29.6 Å². The third-order valence-corrected chi connectivity index (χ3v) is 11.6. The second-order valence-corrected chi connectivity index (χ2v) is 17.4. The molecule has 3 aliphatic rings. The molecule has 1 saturated carbocycles. The van der Waals surface area contributed by atoms with Crippen LogP contribution in [0.4, 0.5) is 0 Å². The predicted molar refractivity (Wildman–Crippen MR) is 241 cm³/mol. The van der Waals surface area contributed by atoms with Crippen LogP contribution < -0.4 is 71.7 Å². The Labute approximate surface area is 432 Å². The van der Waals surface area contributed by atoms with Gasteiger partial charge >= 0.3 is 57.4 Å². The topological polar surface area (TPSA) is 188 Å². The number of primary amides is 1. The normalized spacial score (nSPS) is 15.7. The largest absolute Gasteiger partial charge is 1.00 e. The molecule has 2 aliphatic heterocycles. The van der Waals surface area contributed by atoms with Gasteiger partial charge < -0.3 is 30.1 Å². The van der Waals surface area contributed by atoms with Gasteiger partial charge in [-0.2, -0.15) is 0 Å². The average molecular weight is 1030 g/mol. The Morgan fingerprint density at radius 2 is 1.27 bits per heavy atom. The Morgan fingerprint density at radius 1 is 0.797 bits per heavy atom. The summed E-state index contributed by atoms with van der Waals surface area (Å²) in [4.78, 5) is 75.9. The first-order valence-electron chi connectivity index (χ1n) is 20.4. The van der Waals surface area contributed by atoms with Crippen LogP contribution in [0, 0.1) is 0 Å². The van der Waals surface area contributed by atoms with Crippen LogP contribution in [-0.2, 0) is 60.6 Å². The van der Waals surface area contributed by atoms with Crippen LogP contribution in [0.1, 0.15) is 107 Å². The van der Waals surface area contributed by atoms with Crippen molar-refractivity contribution in [3.63, 3.8) is 0 Å². The molecular weight excluding hydrogens is 977 g/mol. The Morgan fingerprint density at radius 3 is 1.72 bits per heavy atom. The van der Waals surface area contributed by atoms with E-state index in [4.69, 9.17) is 15.2 Å². The van der Waals surface area contributed by atoms with Crippen molar-refractivity contribution < 1.29 is 99.2 Å². The minimum Gasteiger partial charge on any atom is -0.850 e. The van der Waals surface area contributed by atoms with E-state index in [-0.39, 0.29) is 101 Å². The summed E-state index contributed by atoms with van der Waals surface area (Å²) in [6.07, 6.45) is 0.695. The van der Waals surface area contributed by atoms with Crippen molar-refractivity contribution in [2.24, 2.45) is 5.73 Å². The number of alkyl halides is 2. The Kier molecular flexibility index (Phi) is 20.3. The van der Waals surface area contributed by atoms with Gasteiger partial charge in [0.05, 0.1) is 25.6 Å². The molecule has 0 aromatic heterocycles. The van der Waals surface area contributed by atoms with Crippen molar-refractivity contribution in [2.45, 2.75) is 108 Å². The third-order valence-electron chi connectivity index (χ3n) is 10.4. The first-order chi connectivity index (χ1) is 30.0. The molecule has 4 aromatic rings. The SMILES string of the molecule is C=[O+]C(=O)CCC(C(N)=O)N1Cc2c(OCc3ccc(CBr)cc3)cccc2C1=O.CC(C)(C)[O-].O=C1CCC(N2Cc3c(OCc4ccc(CBr)cc4)cccc3C2=O)C(=O)C1.[K+]. The summed E-state index contributed by atoms with van der Waals surface area (Å²) >= 11 is 6.85. The smallest absolute Gasteiger partial charge is 0.850 e. The van der Waals surface area contributed by atoms with Crippen molar-refractivity contribution >= 4 is 73.9 Å². The first-order valence-corrected chi connectivity index (χ1v) is 22.6. The van der Waals surface area contributed by atoms with Gasteiger partial charge in [-0.05, 0) is 59.4 Å². The number of benzene rings is 4. The number of ketones is 2. The van der Waals surface area contributed by atoms with Gasteiger partial charge in [-0.25, -0.2) is 0 Å². The molecule has 332 valence electrons. The maximum absolute atomic E-state index is 12.9. The van der Waals surface area contributed by atoms with E-state index in [1.54, 1.807) is 56.0 Å². The summed E-state index contributed by atoms with van der Waals surface area (Å²) in [6.45, 7) is 9.23. The van der Waals surface area contributed by atoms with Crippen LogP contribution >= 0.6 is 31.9 Å². The van der Waals surface area contributed by atoms with Gasteiger partial charge in [0.15, 0.2) is 12.6 Å². The number of carbonyl (C=O) groups is 6. The number of hydrogen-bond acceptors (Lipinski definition) is 9. The van der Waals surface area contributed by atoms with Gasteiger partial charge in [0.1, 0.15) is 43.0 Å². The molecule has 64 heavy (non-hydrogen) atoms. The molecule has 4 aromatic carbocycles. The van der Waals surface area contributed by atoms with Crippen molar-refractivity contribution in [3.05, 3.63) is 129 Å². The van der Waals surface area contributed by atoms with E-state index in [2.05, 4.69) is 43.1 Å². The number of Topliss-reactive ketones (excluding diaryl/α,β-unsaturated/α-hetero) is 2. The monoisotopic (exact) mass is 1030 g/mol. The van der Waals surface area contributed by atoms with E-state index in [1.165, 1.54) is 16.0 Å². The van der Waals surface area contributed by atoms with Crippen molar-refractivity contribution in [1.82, 2.24) is 9.80 Å². The average Bonchev–Trinajstić information content (AvgIpc) is 3.78. The molecule has 2 N–H and O–H groups in total. The molecule has 0 radical (unpaired) electrons. The van der Waals surface area contributed by atoms with Crippen LogP contribution in [0.5, 0.6) is 11.5 Å². The number of fused-ring (bicyclic) bond motifs is 2. The fourth-order valence-electron chi connectivity index (χ4n) is 7.16. The molecule has 3 amide bonds. The molecular formula is C48H51Br2KN3O10+. The minimum atomic E-state index is -0.923. The van der Waals surface area contributed by atoms with Crippen molar-refractivity contribution in [3.8, 4) is 11.5 Å². The van der Waals surface area contributed by atoms with Crippen LogP contribution in [0.25, 0.3) is 0 Å². The number of amides is 3. The number of ether oxygens (including phenoxy) is 2. The standard InChI is InChI=1S/C22H21BrN2O5.C22H20BrNO4.C4H9O.K/c1-29-20(26)10-9-18(21(24)27)25-12-17-16(22(25)28)3-2-4-19(17)30-13-15-7-5-14(11-23)6-8-15;23-11-14-4-6-15(7-5-14)13-28-21-3-1-2-17-18(21)12-24(22(17)27)19-9-8-16(25)10-20(19)26;1-4(2,3)5;/h2-8,18H,1,9-13H2,(H-,24,27);1-7,19H,8-13H2;1-3H3;/q;;-1;+1/p+1. The van der Waals surface area contributed by atoms with Gasteiger partial charge in [0, 0.05) is 44.1 Å². The number of nitrogens with two attached hydrogens (primary N) is 1. The van der Waals surface area contributed by atoms with E-state index in [1.807, 2.05) is 54.6 Å². The maximum Gasteiger partial charge on any atom is 1.00 e. The van der Waals surface area contributed by atoms with E-state index in [9.17, 15) is 33.9 Å². The van der Waals surface area contributed by atoms with Crippen LogP contribution in [0.15, 0.2) is 84.9 Å². The van der Waals surface area contributed by atoms with E-state index in [0.717, 1.165) is 27.4 Å². The fourth-order valence-corrected chi connectivity index (χ4v) is 7.91. The third kappa shape index (κ3) is 14.6. The van der Waals surface area contributed by atoms with Crippen LogP contribution in [0.3, 0.4) is 0 Å². The van der Waals surface area contributed by atoms with Crippen LogP contribution in [-0.4, -0.2) is 69.5 Å². The van der Waals surface area contributed by atoms with Crippen molar-refractivity contribution in [1.29, 1.82) is 0 Å². The van der Waals surface area contributed by atoms with Gasteiger partial charge in [0.2, 0.25) is 5.91 Å². The molecule has 2 atom stereocenters. The second-order valence-electron chi connectivity index (χ2n) is 16.2. The van der Waals surface area contributed by atoms with Gasteiger partial charge in [-0.15, -0.1) is 5.60 Å². The molecule has 13 nitrogen and oxygen atoms in total. The van der Waals surface area contributed by atoms with Gasteiger partial charge in [-0.1, -0.05) is 113 Å². The fraction of sp³-hybridized carbons (Fsp3) is 0.354. The minimum absolute atomic E-state index is 0. The zero-order valence-corrected chi connectivity index (χ0v) is 42.8. The number of halogens is 2. The molecule has 0 bridgehead atoms. The molecule has 1 aliphatic carbocycles. The predicted octanol–water partition coefficient (Wildman–Crippen LogP) is 3.60. The molecule has 2 heterocycles. The van der Waals surface area contributed by atoms with E-state index in [0.29, 0.717) is 60.8 Å². The Balaban J connectivity index is 0.000000251. The molecule has 16 heteroatoms.